The van der Waals surface area contributed by atoms with Crippen molar-refractivity contribution in [2.75, 3.05) is 13.1 Å². The molecule has 6 aromatic carbocycles. The number of ether oxygens (including phenoxy) is 1. The Morgan fingerprint density at radius 2 is 1.32 bits per heavy atom. The fourth-order valence-electron chi connectivity index (χ4n) is 10.6. The minimum atomic E-state index is -2.30. The molecule has 0 aliphatic carbocycles. The molecular formula is C60H60ClN4O2Si+. The molecular weight excluding hydrogens is 872 g/mol. The van der Waals surface area contributed by atoms with Crippen molar-refractivity contribution in [2.45, 2.75) is 70.4 Å². The molecule has 6 nitrogen and oxygen atoms in total. The number of pyridine rings is 1. The van der Waals surface area contributed by atoms with E-state index >= 15 is 0 Å². The summed E-state index contributed by atoms with van der Waals surface area (Å²) in [5.74, 6) is 2.76. The summed E-state index contributed by atoms with van der Waals surface area (Å²) in [5.41, 5.74) is 10.3. The Bertz CT molecular complexity index is 3010. The Balaban J connectivity index is 1.18. The fraction of sp³-hybridized carbons (Fsp3) is 0.250. The first-order valence-electron chi connectivity index (χ1n) is 24.1. The van der Waals surface area contributed by atoms with Gasteiger partial charge in [-0.05, 0) is 65.0 Å². The molecule has 5 atom stereocenters. The van der Waals surface area contributed by atoms with Gasteiger partial charge in [-0.3, -0.25) is 4.98 Å². The number of quaternary nitrogens is 1. The molecule has 3 aliphatic rings. The van der Waals surface area contributed by atoms with Crippen molar-refractivity contribution in [1.29, 1.82) is 0 Å². The van der Waals surface area contributed by atoms with Crippen LogP contribution in [-0.2, 0) is 6.54 Å². The largest absolute Gasteiger partial charge is 0.543 e. The number of aromatic nitrogens is 3. The first kappa shape index (κ1) is 45.4. The molecule has 2 aromatic heterocycles. The van der Waals surface area contributed by atoms with E-state index in [0.29, 0.717) is 34.3 Å². The number of piperidine rings is 3. The van der Waals surface area contributed by atoms with Crippen LogP contribution in [0.5, 0.6) is 11.6 Å². The van der Waals surface area contributed by atoms with Crippen LogP contribution in [0.1, 0.15) is 50.8 Å². The quantitative estimate of drug-likeness (QED) is 0.0499. The number of benzene rings is 6. The van der Waals surface area contributed by atoms with Crippen LogP contribution in [-0.4, -0.2) is 46.9 Å². The van der Waals surface area contributed by atoms with Crippen LogP contribution < -0.4 is 9.16 Å². The van der Waals surface area contributed by atoms with Crippen molar-refractivity contribution in [3.05, 3.63) is 199 Å². The highest BCUT2D eigenvalue weighted by atomic mass is 35.5. The van der Waals surface area contributed by atoms with Gasteiger partial charge < -0.3 is 13.6 Å². The summed E-state index contributed by atoms with van der Waals surface area (Å²) in [4.78, 5) is 15.1. The van der Waals surface area contributed by atoms with Gasteiger partial charge in [0.15, 0.2) is 11.9 Å². The molecule has 8 heteroatoms. The van der Waals surface area contributed by atoms with Gasteiger partial charge in [0.2, 0.25) is 5.88 Å². The Kier molecular flexibility index (Phi) is 12.4. The summed E-state index contributed by atoms with van der Waals surface area (Å²) in [6, 6.07) is 57.3. The average Bonchev–Trinajstić information content (AvgIpc) is 3.36. The number of para-hydroxylation sites is 1. The normalized spacial score (nSPS) is 19.6. The van der Waals surface area contributed by atoms with E-state index in [1.54, 1.807) is 0 Å². The standard InChI is InChI=1S/C60H60ClN4O2Si/c1-7-42-40-65(39-41-36-50(43-22-12-8-13-23-43)55(67-68(5,6)60(2,3)4)51(37-41)44-24-14-9-15-25-44)35-33-47(42)38-53(65)56(49-32-34-62-52-31-21-20-30-48(49)52)66-59-54(45-26-16-10-17-27-45)57(61)63-58(64-59)46-28-18-11-19-29-46/h7-32,34,36-37,42,47,53,56H,1,33,35,38-40H2,2-6H3/q+1/t42-,47-,53+,56-,65+/m0/s1. The van der Waals surface area contributed by atoms with Gasteiger partial charge in [-0.15, -0.1) is 6.58 Å². The molecule has 3 saturated heterocycles. The number of hydrogen-bond acceptors (Lipinski definition) is 5. The molecule has 2 bridgehead atoms. The zero-order chi connectivity index (χ0) is 47.0. The van der Waals surface area contributed by atoms with Crippen molar-refractivity contribution < 1.29 is 13.6 Å². The molecule has 8 aromatic rings. The Morgan fingerprint density at radius 3 is 1.93 bits per heavy atom. The number of nitrogens with zero attached hydrogens (tertiary/aromatic N) is 4. The zero-order valence-corrected chi connectivity index (χ0v) is 41.5. The number of rotatable bonds is 13. The molecule has 3 fully saturated rings. The molecule has 5 heterocycles. The van der Waals surface area contributed by atoms with Gasteiger partial charge in [0.1, 0.15) is 23.5 Å². The molecule has 342 valence electrons. The van der Waals surface area contributed by atoms with Crippen LogP contribution in [0.2, 0.25) is 23.3 Å². The lowest BCUT2D eigenvalue weighted by atomic mass is 9.71. The molecule has 3 aliphatic heterocycles. The summed E-state index contributed by atoms with van der Waals surface area (Å²) >= 11 is 7.31. The van der Waals surface area contributed by atoms with Crippen molar-refractivity contribution in [1.82, 2.24) is 15.0 Å². The molecule has 0 unspecified atom stereocenters. The first-order valence-corrected chi connectivity index (χ1v) is 27.3. The lowest BCUT2D eigenvalue weighted by Gasteiger charge is -2.58. The Labute approximate surface area is 408 Å². The highest BCUT2D eigenvalue weighted by Crippen LogP contribution is 2.52. The van der Waals surface area contributed by atoms with E-state index in [0.717, 1.165) is 92.6 Å². The van der Waals surface area contributed by atoms with Gasteiger partial charge in [-0.1, -0.05) is 178 Å². The maximum absolute atomic E-state index is 7.73. The van der Waals surface area contributed by atoms with Gasteiger partial charge in [0.25, 0.3) is 8.32 Å². The predicted octanol–water partition coefficient (Wildman–Crippen LogP) is 15.5. The smallest absolute Gasteiger partial charge is 0.250 e. The molecule has 0 N–H and O–H groups in total. The molecule has 0 saturated carbocycles. The Morgan fingerprint density at radius 1 is 0.750 bits per heavy atom. The maximum Gasteiger partial charge on any atom is 0.250 e. The number of halogens is 1. The fourth-order valence-corrected chi connectivity index (χ4v) is 11.9. The summed E-state index contributed by atoms with van der Waals surface area (Å²) in [5, 5.41) is 1.41. The minimum Gasteiger partial charge on any atom is -0.543 e. The summed E-state index contributed by atoms with van der Waals surface area (Å²) in [6.07, 6.45) is 5.77. The van der Waals surface area contributed by atoms with E-state index in [1.165, 1.54) is 5.56 Å². The van der Waals surface area contributed by atoms with Gasteiger partial charge in [-0.2, -0.15) is 4.98 Å². The minimum absolute atomic E-state index is 0.000619. The topological polar surface area (TPSA) is 57.1 Å². The van der Waals surface area contributed by atoms with E-state index in [1.807, 2.05) is 54.7 Å². The van der Waals surface area contributed by atoms with Gasteiger partial charge >= 0.3 is 0 Å². The van der Waals surface area contributed by atoms with Crippen LogP contribution in [0.15, 0.2) is 183 Å². The summed E-state index contributed by atoms with van der Waals surface area (Å²) < 4.78 is 16.0. The highest BCUT2D eigenvalue weighted by molar-refractivity contribution is 6.74. The average molecular weight is 933 g/mol. The second kappa shape index (κ2) is 18.6. The SMILES string of the molecule is C=C[C@H]1C[N@+]2(Cc3cc(-c4ccccc4)c(O[Si](C)(C)C(C)(C)C)c(-c4ccccc4)c3)CC[C@H]1C[C@@H]2[C@@H](Oc1nc(-c2ccccc2)nc(Cl)c1-c1ccccc1)c1ccnc2ccccc12. The van der Waals surface area contributed by atoms with Gasteiger partial charge in [0, 0.05) is 58.2 Å². The van der Waals surface area contributed by atoms with Crippen LogP contribution >= 0.6 is 11.6 Å². The summed E-state index contributed by atoms with van der Waals surface area (Å²) in [7, 11) is -2.30. The zero-order valence-electron chi connectivity index (χ0n) is 39.8. The number of fused-ring (bicyclic) bond motifs is 4. The molecule has 0 radical (unpaired) electrons. The second-order valence-electron chi connectivity index (χ2n) is 20.4. The van der Waals surface area contributed by atoms with Crippen molar-refractivity contribution in [3.63, 3.8) is 0 Å². The van der Waals surface area contributed by atoms with Crippen molar-refractivity contribution >= 4 is 30.8 Å². The predicted molar refractivity (Wildman–Crippen MR) is 282 cm³/mol. The second-order valence-corrected chi connectivity index (χ2v) is 25.4. The van der Waals surface area contributed by atoms with Gasteiger partial charge in [-0.25, -0.2) is 4.98 Å². The molecule has 68 heavy (non-hydrogen) atoms. The van der Waals surface area contributed by atoms with Crippen molar-refractivity contribution in [2.24, 2.45) is 11.8 Å². The highest BCUT2D eigenvalue weighted by Gasteiger charge is 2.55. The van der Waals surface area contributed by atoms with E-state index in [2.05, 4.69) is 162 Å². The maximum atomic E-state index is 7.73. The molecule has 0 amide bonds. The summed E-state index contributed by atoms with van der Waals surface area (Å²) in [6.45, 7) is 18.8. The monoisotopic (exact) mass is 931 g/mol. The van der Waals surface area contributed by atoms with Crippen LogP contribution in [0.25, 0.3) is 55.7 Å². The van der Waals surface area contributed by atoms with E-state index in [4.69, 9.17) is 35.7 Å². The van der Waals surface area contributed by atoms with Gasteiger partial charge in [0.05, 0.1) is 24.2 Å². The third-order valence-electron chi connectivity index (χ3n) is 15.2. The lowest BCUT2D eigenvalue weighted by molar-refractivity contribution is -0.984. The van der Waals surface area contributed by atoms with Crippen LogP contribution in [0, 0.1) is 11.8 Å². The third-order valence-corrected chi connectivity index (χ3v) is 19.8. The Hall–Kier alpha value is -6.38. The van der Waals surface area contributed by atoms with E-state index in [9.17, 15) is 0 Å². The van der Waals surface area contributed by atoms with Crippen molar-refractivity contribution in [3.8, 4) is 56.4 Å². The van der Waals surface area contributed by atoms with E-state index in [-0.39, 0.29) is 11.1 Å². The van der Waals surface area contributed by atoms with E-state index < -0.39 is 14.4 Å². The van der Waals surface area contributed by atoms with Crippen LogP contribution in [0.4, 0.5) is 0 Å². The third kappa shape index (κ3) is 8.79. The first-order chi connectivity index (χ1) is 32.9. The molecule has 0 spiro atoms. The molecule has 11 rings (SSSR count). The van der Waals surface area contributed by atoms with Crippen LogP contribution in [0.3, 0.4) is 0 Å². The lowest BCUT2D eigenvalue weighted by Crippen LogP contribution is -2.68. The number of hydrogen-bond donors (Lipinski definition) is 0.